The second-order valence-corrected chi connectivity index (χ2v) is 2.36. The lowest BCUT2D eigenvalue weighted by atomic mass is 10.1. The van der Waals surface area contributed by atoms with Crippen LogP contribution < -0.4 is 0 Å². The molecule has 1 rings (SSSR count). The first-order valence-electron chi connectivity index (χ1n) is 3.23. The normalized spacial score (nSPS) is 24.6. The summed E-state index contributed by atoms with van der Waals surface area (Å²) < 4.78 is 4.90. The van der Waals surface area contributed by atoms with Gasteiger partial charge in [0.15, 0.2) is 0 Å². The average Bonchev–Trinajstić information content (AvgIpc) is 2.14. The molecule has 1 heterocycles. The second kappa shape index (κ2) is 2.69. The van der Waals surface area contributed by atoms with Crippen LogP contribution in [-0.4, -0.2) is 12.1 Å². The van der Waals surface area contributed by atoms with Crippen molar-refractivity contribution < 1.29 is 9.53 Å². The molecule has 1 fully saturated rings. The van der Waals surface area contributed by atoms with Gasteiger partial charge >= 0.3 is 5.97 Å². The predicted molar refractivity (Wildman–Crippen MR) is 38.5 cm³/mol. The van der Waals surface area contributed by atoms with Crippen molar-refractivity contribution in [2.24, 2.45) is 0 Å². The van der Waals surface area contributed by atoms with E-state index < -0.39 is 0 Å². The third kappa shape index (κ3) is 1.26. The molecule has 0 aromatic carbocycles. The van der Waals surface area contributed by atoms with Crippen LogP contribution in [0.3, 0.4) is 0 Å². The van der Waals surface area contributed by atoms with Crippen molar-refractivity contribution in [3.63, 3.8) is 0 Å². The van der Waals surface area contributed by atoms with Crippen molar-refractivity contribution in [1.29, 1.82) is 0 Å². The fraction of sp³-hybridized carbons (Fsp3) is 0.375. The molecule has 0 radical (unpaired) electrons. The van der Waals surface area contributed by atoms with E-state index in [1.807, 2.05) is 0 Å². The van der Waals surface area contributed by atoms with E-state index in [0.29, 0.717) is 12.0 Å². The van der Waals surface area contributed by atoms with E-state index in [9.17, 15) is 4.79 Å². The summed E-state index contributed by atoms with van der Waals surface area (Å²) in [5.74, 6) is -0.258. The van der Waals surface area contributed by atoms with E-state index in [0.717, 1.165) is 6.42 Å². The molecule has 10 heavy (non-hydrogen) atoms. The number of hydrogen-bond acceptors (Lipinski definition) is 2. The molecule has 0 saturated carbocycles. The monoisotopic (exact) mass is 138 g/mol. The second-order valence-electron chi connectivity index (χ2n) is 2.36. The zero-order valence-corrected chi connectivity index (χ0v) is 5.80. The third-order valence-electron chi connectivity index (χ3n) is 1.47. The molecule has 1 unspecified atom stereocenters. The highest BCUT2D eigenvalue weighted by Crippen LogP contribution is 2.20. The predicted octanol–water partition coefficient (Wildman–Crippen LogP) is 1.43. The first-order chi connectivity index (χ1) is 4.74. The van der Waals surface area contributed by atoms with E-state index in [-0.39, 0.29) is 12.1 Å². The molecule has 0 spiro atoms. The van der Waals surface area contributed by atoms with E-state index >= 15 is 0 Å². The van der Waals surface area contributed by atoms with Gasteiger partial charge < -0.3 is 4.74 Å². The zero-order chi connectivity index (χ0) is 7.56. The van der Waals surface area contributed by atoms with Gasteiger partial charge in [0.2, 0.25) is 0 Å². The molecule has 0 aromatic heterocycles. The Morgan fingerprint density at radius 1 is 1.80 bits per heavy atom. The van der Waals surface area contributed by atoms with Gasteiger partial charge in [-0.25, -0.2) is 4.79 Å². The van der Waals surface area contributed by atoms with E-state index in [4.69, 9.17) is 4.74 Å². The molecule has 1 aliphatic heterocycles. The van der Waals surface area contributed by atoms with Gasteiger partial charge in [0.1, 0.15) is 6.10 Å². The summed E-state index contributed by atoms with van der Waals surface area (Å²) >= 11 is 0. The van der Waals surface area contributed by atoms with Crippen LogP contribution in [0.2, 0.25) is 0 Å². The lowest BCUT2D eigenvalue weighted by Crippen LogP contribution is -2.04. The quantitative estimate of drug-likeness (QED) is 0.328. The van der Waals surface area contributed by atoms with Crippen molar-refractivity contribution in [3.05, 3.63) is 24.8 Å². The molecule has 2 heteroatoms. The van der Waals surface area contributed by atoms with Gasteiger partial charge in [-0.15, -0.1) is 6.58 Å². The zero-order valence-electron chi connectivity index (χ0n) is 5.80. The van der Waals surface area contributed by atoms with Crippen LogP contribution in [0.1, 0.15) is 12.8 Å². The standard InChI is InChI=1S/C8H10O2/c1-3-4-7-5-6(2)8(9)10-7/h3,7H,1-2,4-5H2. The van der Waals surface area contributed by atoms with Crippen molar-refractivity contribution in [2.75, 3.05) is 0 Å². The smallest absolute Gasteiger partial charge is 0.333 e. The highest BCUT2D eigenvalue weighted by Gasteiger charge is 2.25. The molecule has 0 bridgehead atoms. The van der Waals surface area contributed by atoms with Crippen LogP contribution in [-0.2, 0) is 9.53 Å². The van der Waals surface area contributed by atoms with Crippen molar-refractivity contribution >= 4 is 5.97 Å². The van der Waals surface area contributed by atoms with Crippen LogP contribution in [0.4, 0.5) is 0 Å². The van der Waals surface area contributed by atoms with Gasteiger partial charge in [0.05, 0.1) is 0 Å². The molecule has 0 aliphatic carbocycles. The maximum atomic E-state index is 10.7. The van der Waals surface area contributed by atoms with Gasteiger partial charge in [-0.3, -0.25) is 0 Å². The van der Waals surface area contributed by atoms with E-state index in [1.54, 1.807) is 6.08 Å². The van der Waals surface area contributed by atoms with Crippen LogP contribution in [0, 0.1) is 0 Å². The third-order valence-corrected chi connectivity index (χ3v) is 1.47. The molecule has 1 aliphatic rings. The SMILES string of the molecule is C=CCC1CC(=C)C(=O)O1. The van der Waals surface area contributed by atoms with E-state index in [2.05, 4.69) is 13.2 Å². The molecule has 0 amide bonds. The largest absolute Gasteiger partial charge is 0.458 e. The summed E-state index contributed by atoms with van der Waals surface area (Å²) in [4.78, 5) is 10.7. The summed E-state index contributed by atoms with van der Waals surface area (Å²) in [5.41, 5.74) is 0.576. The number of esters is 1. The number of cyclic esters (lactones) is 1. The minimum Gasteiger partial charge on any atom is -0.458 e. The first-order valence-corrected chi connectivity index (χ1v) is 3.23. The Bertz CT molecular complexity index is 166. The Morgan fingerprint density at radius 3 is 2.90 bits per heavy atom. The molecule has 0 aromatic rings. The van der Waals surface area contributed by atoms with Gasteiger partial charge in [-0.2, -0.15) is 0 Å². The van der Waals surface area contributed by atoms with Crippen molar-refractivity contribution in [2.45, 2.75) is 18.9 Å². The molecular weight excluding hydrogens is 128 g/mol. The summed E-state index contributed by atoms with van der Waals surface area (Å²) in [6.45, 7) is 7.11. The van der Waals surface area contributed by atoms with Gasteiger partial charge in [0.25, 0.3) is 0 Å². The highest BCUT2D eigenvalue weighted by atomic mass is 16.5. The number of hydrogen-bond donors (Lipinski definition) is 0. The Morgan fingerprint density at radius 2 is 2.50 bits per heavy atom. The summed E-state index contributed by atoms with van der Waals surface area (Å²) in [6.07, 6.45) is 3.13. The molecular formula is C8H10O2. The lowest BCUT2D eigenvalue weighted by Gasteiger charge is -2.02. The number of carbonyl (C=O) groups excluding carboxylic acids is 1. The Kier molecular flexibility index (Phi) is 1.90. The van der Waals surface area contributed by atoms with Gasteiger partial charge in [-0.05, 0) is 0 Å². The number of carbonyl (C=O) groups is 1. The fourth-order valence-electron chi connectivity index (χ4n) is 0.952. The van der Waals surface area contributed by atoms with Crippen LogP contribution >= 0.6 is 0 Å². The highest BCUT2D eigenvalue weighted by molar-refractivity contribution is 5.89. The van der Waals surface area contributed by atoms with Crippen molar-refractivity contribution in [1.82, 2.24) is 0 Å². The Balaban J connectivity index is 2.48. The van der Waals surface area contributed by atoms with Gasteiger partial charge in [0, 0.05) is 18.4 Å². The maximum absolute atomic E-state index is 10.7. The first kappa shape index (κ1) is 7.06. The van der Waals surface area contributed by atoms with Crippen LogP contribution in [0.5, 0.6) is 0 Å². The van der Waals surface area contributed by atoms with Crippen molar-refractivity contribution in [3.8, 4) is 0 Å². The Hall–Kier alpha value is -1.05. The van der Waals surface area contributed by atoms with Crippen LogP contribution in [0.25, 0.3) is 0 Å². The minimum absolute atomic E-state index is 0.00231. The Labute approximate surface area is 60.2 Å². The summed E-state index contributed by atoms with van der Waals surface area (Å²) in [7, 11) is 0. The minimum atomic E-state index is -0.258. The summed E-state index contributed by atoms with van der Waals surface area (Å²) in [6, 6.07) is 0. The maximum Gasteiger partial charge on any atom is 0.333 e. The molecule has 1 atom stereocenters. The molecule has 54 valence electrons. The molecule has 0 N–H and O–H groups in total. The molecule has 1 saturated heterocycles. The van der Waals surface area contributed by atoms with Gasteiger partial charge in [-0.1, -0.05) is 12.7 Å². The van der Waals surface area contributed by atoms with Crippen LogP contribution in [0.15, 0.2) is 24.8 Å². The number of rotatable bonds is 2. The topological polar surface area (TPSA) is 26.3 Å². The summed E-state index contributed by atoms with van der Waals surface area (Å²) in [5, 5.41) is 0. The van der Waals surface area contributed by atoms with E-state index in [1.165, 1.54) is 0 Å². The average molecular weight is 138 g/mol. The molecule has 2 nitrogen and oxygen atoms in total. The lowest BCUT2D eigenvalue weighted by molar-refractivity contribution is -0.138. The number of ether oxygens (including phenoxy) is 1. The fourth-order valence-corrected chi connectivity index (χ4v) is 0.952.